The standard InChI is InChI=1S/C38H62N8O8/c1-9-22(4)31(36(53)44-30(21(2)3)33(40)50)45-35(52)27-16-13-17-46(27)20-28(48)25(18-24-14-11-10-12-15-24)42-34(51)26(19-29(39)49)43-37(54)32(38(6,7)8)41-23(5)47/h10-12,14-15,21-22,25-28,30-32,48H,9,13,16-20H2,1-8H3,(H2,39,49)(H2,40,50)(H,41,47)(H,42,51)(H,43,54)(H,44,53)(H,45,52)/t22?,25-,26-,27?,28-,30?,31?,32+/m0/s1. The average molecular weight is 759 g/mol. The first kappa shape index (κ1) is 45.6. The second kappa shape index (κ2) is 20.8. The number of nitrogens with two attached hydrogens (primary N) is 2. The van der Waals surface area contributed by atoms with Crippen molar-refractivity contribution in [2.45, 2.75) is 130 Å². The van der Waals surface area contributed by atoms with Gasteiger partial charge in [0, 0.05) is 13.5 Å². The van der Waals surface area contributed by atoms with Crippen LogP contribution >= 0.6 is 0 Å². The SMILES string of the molecule is CCC(C)C(NC(=O)C1CCCN1C[C@H](O)[C@H](Cc1ccccc1)NC(=O)[C@H](CC(N)=O)NC(=O)[C@@H](NC(C)=O)C(C)(C)C)C(=O)NC(C(N)=O)C(C)C. The Labute approximate surface area is 318 Å². The average Bonchev–Trinajstić information content (AvgIpc) is 3.54. The number of carbonyl (C=O) groups is 7. The van der Waals surface area contributed by atoms with E-state index < -0.39 is 95.5 Å². The number of aliphatic hydroxyl groups is 1. The number of hydrogen-bond acceptors (Lipinski definition) is 9. The highest BCUT2D eigenvalue weighted by Crippen LogP contribution is 2.22. The predicted octanol–water partition coefficient (Wildman–Crippen LogP) is -0.393. The van der Waals surface area contributed by atoms with Crippen LogP contribution in [0.4, 0.5) is 0 Å². The Kier molecular flexibility index (Phi) is 17.5. The molecule has 1 heterocycles. The number of benzene rings is 1. The molecule has 1 aliphatic rings. The molecule has 0 radical (unpaired) electrons. The van der Waals surface area contributed by atoms with Gasteiger partial charge in [-0.15, -0.1) is 0 Å². The topological polar surface area (TPSA) is 255 Å². The molecule has 2 rings (SSSR count). The molecule has 302 valence electrons. The zero-order chi connectivity index (χ0) is 40.9. The fraction of sp³-hybridized carbons (Fsp3) is 0.658. The Balaban J connectivity index is 2.32. The van der Waals surface area contributed by atoms with Crippen LogP contribution < -0.4 is 38.1 Å². The van der Waals surface area contributed by atoms with Crippen molar-refractivity contribution >= 4 is 41.4 Å². The van der Waals surface area contributed by atoms with Crippen LogP contribution in [0.5, 0.6) is 0 Å². The van der Waals surface area contributed by atoms with Gasteiger partial charge in [-0.25, -0.2) is 0 Å². The van der Waals surface area contributed by atoms with Crippen molar-refractivity contribution in [1.29, 1.82) is 0 Å². The Hall–Kier alpha value is -4.57. The molecule has 0 spiro atoms. The van der Waals surface area contributed by atoms with Gasteiger partial charge in [0.25, 0.3) is 0 Å². The van der Waals surface area contributed by atoms with Gasteiger partial charge in [-0.05, 0) is 48.6 Å². The molecule has 7 amide bonds. The lowest BCUT2D eigenvalue weighted by atomic mass is 9.86. The smallest absolute Gasteiger partial charge is 0.243 e. The van der Waals surface area contributed by atoms with E-state index in [0.29, 0.717) is 25.8 Å². The molecular weight excluding hydrogens is 696 g/mol. The second-order valence-electron chi connectivity index (χ2n) is 15.8. The summed E-state index contributed by atoms with van der Waals surface area (Å²) in [5.41, 5.74) is 11.0. The van der Waals surface area contributed by atoms with E-state index in [9.17, 15) is 38.7 Å². The van der Waals surface area contributed by atoms with E-state index in [1.807, 2.05) is 44.2 Å². The van der Waals surface area contributed by atoms with E-state index in [0.717, 1.165) is 5.56 Å². The van der Waals surface area contributed by atoms with Gasteiger partial charge in [0.05, 0.1) is 24.6 Å². The molecule has 1 aromatic rings. The molecule has 16 heteroatoms. The molecule has 8 atom stereocenters. The van der Waals surface area contributed by atoms with E-state index in [2.05, 4.69) is 26.6 Å². The molecule has 16 nitrogen and oxygen atoms in total. The second-order valence-corrected chi connectivity index (χ2v) is 15.8. The van der Waals surface area contributed by atoms with Crippen LogP contribution in [0.15, 0.2) is 30.3 Å². The molecule has 10 N–H and O–H groups in total. The highest BCUT2D eigenvalue weighted by atomic mass is 16.3. The summed E-state index contributed by atoms with van der Waals surface area (Å²) in [6.45, 7) is 14.1. The molecule has 0 aliphatic carbocycles. The van der Waals surface area contributed by atoms with E-state index >= 15 is 0 Å². The summed E-state index contributed by atoms with van der Waals surface area (Å²) in [5.74, 6) is -4.92. The van der Waals surface area contributed by atoms with E-state index in [1.165, 1.54) is 6.92 Å². The quantitative estimate of drug-likeness (QED) is 0.0861. The van der Waals surface area contributed by atoms with Crippen molar-refractivity contribution in [2.75, 3.05) is 13.1 Å². The summed E-state index contributed by atoms with van der Waals surface area (Å²) in [6, 6.07) is 3.14. The largest absolute Gasteiger partial charge is 0.390 e. The van der Waals surface area contributed by atoms with Gasteiger partial charge in [0.1, 0.15) is 24.2 Å². The lowest BCUT2D eigenvalue weighted by molar-refractivity contribution is -0.135. The fourth-order valence-corrected chi connectivity index (χ4v) is 6.45. The van der Waals surface area contributed by atoms with E-state index in [-0.39, 0.29) is 24.8 Å². The predicted molar refractivity (Wildman–Crippen MR) is 203 cm³/mol. The minimum absolute atomic E-state index is 0.0331. The van der Waals surface area contributed by atoms with Gasteiger partial charge in [0.2, 0.25) is 41.4 Å². The molecule has 1 aliphatic heterocycles. The van der Waals surface area contributed by atoms with E-state index in [4.69, 9.17) is 11.5 Å². The van der Waals surface area contributed by atoms with Crippen molar-refractivity contribution in [3.63, 3.8) is 0 Å². The number of rotatable bonds is 20. The molecule has 1 fully saturated rings. The maximum absolute atomic E-state index is 13.8. The molecule has 0 bridgehead atoms. The third kappa shape index (κ3) is 14.0. The normalized spacial score (nSPS) is 18.6. The van der Waals surface area contributed by atoms with Gasteiger partial charge in [-0.3, -0.25) is 38.5 Å². The maximum Gasteiger partial charge on any atom is 0.243 e. The number of hydrogen-bond donors (Lipinski definition) is 8. The van der Waals surface area contributed by atoms with Crippen LogP contribution in [0, 0.1) is 17.3 Å². The van der Waals surface area contributed by atoms with Crippen molar-refractivity contribution < 1.29 is 38.7 Å². The monoisotopic (exact) mass is 758 g/mol. The van der Waals surface area contributed by atoms with Gasteiger partial charge in [-0.2, -0.15) is 0 Å². The van der Waals surface area contributed by atoms with E-state index in [1.54, 1.807) is 39.5 Å². The summed E-state index contributed by atoms with van der Waals surface area (Å²) < 4.78 is 0. The van der Waals surface area contributed by atoms with Gasteiger partial charge in [0.15, 0.2) is 0 Å². The van der Waals surface area contributed by atoms with Crippen molar-refractivity contribution in [1.82, 2.24) is 31.5 Å². The lowest BCUT2D eigenvalue weighted by Gasteiger charge is -2.33. The Morgan fingerprint density at radius 1 is 0.870 bits per heavy atom. The molecule has 0 saturated carbocycles. The summed E-state index contributed by atoms with van der Waals surface area (Å²) in [7, 11) is 0. The molecule has 4 unspecified atom stereocenters. The fourth-order valence-electron chi connectivity index (χ4n) is 6.45. The first-order valence-corrected chi connectivity index (χ1v) is 18.7. The number of likely N-dealkylation sites (tertiary alicyclic amines) is 1. The number of nitrogens with zero attached hydrogens (tertiary/aromatic N) is 1. The zero-order valence-corrected chi connectivity index (χ0v) is 32.9. The molecule has 1 saturated heterocycles. The first-order chi connectivity index (χ1) is 25.2. The van der Waals surface area contributed by atoms with Gasteiger partial charge in [-0.1, -0.05) is 85.2 Å². The maximum atomic E-state index is 13.8. The molecule has 54 heavy (non-hydrogen) atoms. The van der Waals surface area contributed by atoms with Crippen molar-refractivity contribution in [3.05, 3.63) is 35.9 Å². The number of primary amides is 2. The number of carbonyl (C=O) groups excluding carboxylic acids is 7. The molecular formula is C38H62N8O8. The van der Waals surface area contributed by atoms with Gasteiger partial charge >= 0.3 is 0 Å². The zero-order valence-electron chi connectivity index (χ0n) is 32.9. The van der Waals surface area contributed by atoms with Crippen LogP contribution in [0.1, 0.15) is 86.6 Å². The summed E-state index contributed by atoms with van der Waals surface area (Å²) >= 11 is 0. The third-order valence-corrected chi connectivity index (χ3v) is 9.76. The van der Waals surface area contributed by atoms with Crippen LogP contribution in [-0.4, -0.2) is 107 Å². The van der Waals surface area contributed by atoms with Crippen LogP contribution in [0.3, 0.4) is 0 Å². The van der Waals surface area contributed by atoms with Crippen molar-refractivity contribution in [2.24, 2.45) is 28.7 Å². The number of β-amino-alcohol motifs (C(OH)–C–C–N with tert-alkyl or cyclic N) is 1. The van der Waals surface area contributed by atoms with Gasteiger partial charge < -0.3 is 43.2 Å². The minimum atomic E-state index is -1.42. The van der Waals surface area contributed by atoms with Crippen LogP contribution in [0.2, 0.25) is 0 Å². The Morgan fingerprint density at radius 3 is 2.02 bits per heavy atom. The highest BCUT2D eigenvalue weighted by molar-refractivity contribution is 5.95. The lowest BCUT2D eigenvalue weighted by Crippen LogP contribution is -2.60. The van der Waals surface area contributed by atoms with Crippen molar-refractivity contribution in [3.8, 4) is 0 Å². The minimum Gasteiger partial charge on any atom is -0.390 e. The summed E-state index contributed by atoms with van der Waals surface area (Å²) in [5, 5.41) is 25.2. The summed E-state index contributed by atoms with van der Waals surface area (Å²) in [4.78, 5) is 92.0. The third-order valence-electron chi connectivity index (χ3n) is 9.76. The number of aliphatic hydroxyl groups excluding tert-OH is 1. The summed E-state index contributed by atoms with van der Waals surface area (Å²) in [6.07, 6.45) is 0.0445. The highest BCUT2D eigenvalue weighted by Gasteiger charge is 2.39. The van der Waals surface area contributed by atoms with Crippen LogP contribution in [-0.2, 0) is 40.0 Å². The number of amides is 7. The number of nitrogens with one attached hydrogen (secondary N) is 5. The van der Waals surface area contributed by atoms with Crippen LogP contribution in [0.25, 0.3) is 0 Å². The Bertz CT molecular complexity index is 1470. The first-order valence-electron chi connectivity index (χ1n) is 18.7. The molecule has 0 aromatic heterocycles. The Morgan fingerprint density at radius 2 is 1.50 bits per heavy atom. The molecule has 1 aromatic carbocycles.